The van der Waals surface area contributed by atoms with Gasteiger partial charge in [-0.05, 0) is 26.3 Å². The quantitative estimate of drug-likeness (QED) is 0.582. The molecule has 1 saturated heterocycles. The van der Waals surface area contributed by atoms with Crippen molar-refractivity contribution in [2.24, 2.45) is 0 Å². The first kappa shape index (κ1) is 20.6. The Labute approximate surface area is 158 Å². The van der Waals surface area contributed by atoms with E-state index in [0.29, 0.717) is 44.0 Å². The van der Waals surface area contributed by atoms with Gasteiger partial charge in [0.2, 0.25) is 5.91 Å². The number of urea groups is 1. The van der Waals surface area contributed by atoms with Gasteiger partial charge >= 0.3 is 6.03 Å². The van der Waals surface area contributed by atoms with Crippen molar-refractivity contribution in [3.8, 4) is 0 Å². The molecule has 1 aromatic carbocycles. The van der Waals surface area contributed by atoms with Gasteiger partial charge in [0.05, 0.1) is 22.7 Å². The molecule has 1 unspecified atom stereocenters. The molecule has 0 aromatic heterocycles. The fraction of sp³-hybridized carbons (Fsp3) is 0.556. The van der Waals surface area contributed by atoms with Crippen molar-refractivity contribution in [1.82, 2.24) is 15.1 Å². The maximum absolute atomic E-state index is 12.5. The van der Waals surface area contributed by atoms with E-state index in [9.17, 15) is 19.7 Å². The van der Waals surface area contributed by atoms with E-state index in [2.05, 4.69) is 10.6 Å². The third-order valence-corrected chi connectivity index (χ3v) is 4.79. The number of nitrogens with one attached hydrogen (secondary N) is 2. The lowest BCUT2D eigenvalue weighted by Crippen LogP contribution is -2.52. The summed E-state index contributed by atoms with van der Waals surface area (Å²) in [5.74, 6) is -0.00512. The number of amides is 3. The minimum atomic E-state index is -0.464. The molecule has 2 rings (SSSR count). The topological polar surface area (TPSA) is 108 Å². The molecule has 27 heavy (non-hydrogen) atoms. The SMILES string of the molecule is CCC(C)NC(=O)CN1CCN(C(=O)Nc2cccc([N+](=O)[O-])c2C)CC1. The number of piperazine rings is 1. The minimum Gasteiger partial charge on any atom is -0.353 e. The number of carbonyl (C=O) groups is 2. The Morgan fingerprint density at radius 2 is 1.93 bits per heavy atom. The van der Waals surface area contributed by atoms with Crippen LogP contribution in [0.25, 0.3) is 0 Å². The first-order chi connectivity index (χ1) is 12.8. The number of hydrogen-bond donors (Lipinski definition) is 2. The molecule has 1 atom stereocenters. The summed E-state index contributed by atoms with van der Waals surface area (Å²) in [6.07, 6.45) is 0.886. The minimum absolute atomic E-state index is 0.00512. The number of anilines is 1. The lowest BCUT2D eigenvalue weighted by molar-refractivity contribution is -0.385. The maximum atomic E-state index is 12.5. The molecule has 0 aliphatic carbocycles. The Kier molecular flexibility index (Phi) is 7.12. The summed E-state index contributed by atoms with van der Waals surface area (Å²) in [5.41, 5.74) is 0.839. The van der Waals surface area contributed by atoms with E-state index in [1.165, 1.54) is 6.07 Å². The molecular weight excluding hydrogens is 350 g/mol. The maximum Gasteiger partial charge on any atom is 0.321 e. The Morgan fingerprint density at radius 1 is 1.26 bits per heavy atom. The van der Waals surface area contributed by atoms with Crippen LogP contribution in [0.1, 0.15) is 25.8 Å². The standard InChI is InChI=1S/C18H27N5O4/c1-4-13(2)19-17(24)12-21-8-10-22(11-9-21)18(25)20-15-6-5-7-16(14(15)3)23(26)27/h5-7,13H,4,8-12H2,1-3H3,(H,19,24)(H,20,25). The number of rotatable bonds is 6. The zero-order valence-corrected chi connectivity index (χ0v) is 16.0. The highest BCUT2D eigenvalue weighted by molar-refractivity contribution is 5.91. The average molecular weight is 377 g/mol. The third kappa shape index (κ3) is 5.65. The second kappa shape index (κ2) is 9.31. The number of nitro benzene ring substituents is 1. The highest BCUT2D eigenvalue weighted by Crippen LogP contribution is 2.25. The van der Waals surface area contributed by atoms with Crippen LogP contribution in [0.2, 0.25) is 0 Å². The van der Waals surface area contributed by atoms with Gasteiger partial charge in [0.15, 0.2) is 0 Å². The largest absolute Gasteiger partial charge is 0.353 e. The molecule has 0 bridgehead atoms. The van der Waals surface area contributed by atoms with Crippen LogP contribution in [0.5, 0.6) is 0 Å². The number of nitro groups is 1. The van der Waals surface area contributed by atoms with Crippen LogP contribution in [0.3, 0.4) is 0 Å². The Bertz CT molecular complexity index is 701. The van der Waals surface area contributed by atoms with Crippen molar-refractivity contribution in [2.75, 3.05) is 38.0 Å². The number of carbonyl (C=O) groups excluding carboxylic acids is 2. The van der Waals surface area contributed by atoms with Gasteiger partial charge in [-0.3, -0.25) is 19.8 Å². The van der Waals surface area contributed by atoms with E-state index < -0.39 is 4.92 Å². The summed E-state index contributed by atoms with van der Waals surface area (Å²) in [7, 11) is 0. The molecule has 0 radical (unpaired) electrons. The summed E-state index contributed by atoms with van der Waals surface area (Å²) < 4.78 is 0. The van der Waals surface area contributed by atoms with E-state index in [1.807, 2.05) is 18.7 Å². The van der Waals surface area contributed by atoms with Crippen molar-refractivity contribution in [1.29, 1.82) is 0 Å². The van der Waals surface area contributed by atoms with E-state index in [0.717, 1.165) is 6.42 Å². The van der Waals surface area contributed by atoms with Gasteiger partial charge in [-0.1, -0.05) is 13.0 Å². The van der Waals surface area contributed by atoms with Crippen LogP contribution >= 0.6 is 0 Å². The van der Waals surface area contributed by atoms with Crippen LogP contribution in [-0.2, 0) is 4.79 Å². The van der Waals surface area contributed by atoms with Gasteiger partial charge in [0.1, 0.15) is 0 Å². The predicted molar refractivity (Wildman–Crippen MR) is 103 cm³/mol. The zero-order valence-electron chi connectivity index (χ0n) is 16.0. The molecule has 1 heterocycles. The molecule has 0 saturated carbocycles. The Morgan fingerprint density at radius 3 is 2.52 bits per heavy atom. The first-order valence-electron chi connectivity index (χ1n) is 9.13. The van der Waals surface area contributed by atoms with E-state index in [-0.39, 0.29) is 23.7 Å². The molecule has 2 N–H and O–H groups in total. The fourth-order valence-corrected chi connectivity index (χ4v) is 2.89. The van der Waals surface area contributed by atoms with Crippen LogP contribution in [0.4, 0.5) is 16.2 Å². The number of hydrogen-bond acceptors (Lipinski definition) is 5. The molecule has 9 nitrogen and oxygen atoms in total. The summed E-state index contributed by atoms with van der Waals surface area (Å²) in [5, 5.41) is 16.7. The van der Waals surface area contributed by atoms with E-state index >= 15 is 0 Å². The Balaban J connectivity index is 1.86. The molecule has 9 heteroatoms. The second-order valence-corrected chi connectivity index (χ2v) is 6.78. The molecule has 0 spiro atoms. The van der Waals surface area contributed by atoms with Gasteiger partial charge in [-0.25, -0.2) is 4.79 Å². The highest BCUT2D eigenvalue weighted by Gasteiger charge is 2.24. The molecular formula is C18H27N5O4. The predicted octanol–water partition coefficient (Wildman–Crippen LogP) is 1.97. The highest BCUT2D eigenvalue weighted by atomic mass is 16.6. The summed E-state index contributed by atoms with van der Waals surface area (Å²) in [6.45, 7) is 8.13. The van der Waals surface area contributed by atoms with Crippen molar-refractivity contribution >= 4 is 23.3 Å². The van der Waals surface area contributed by atoms with Crippen LogP contribution < -0.4 is 10.6 Å². The summed E-state index contributed by atoms with van der Waals surface area (Å²) in [4.78, 5) is 38.6. The van der Waals surface area contributed by atoms with Crippen LogP contribution in [0, 0.1) is 17.0 Å². The molecule has 3 amide bonds. The number of nitrogens with zero attached hydrogens (tertiary/aromatic N) is 3. The van der Waals surface area contributed by atoms with Gasteiger partial charge in [0, 0.05) is 38.3 Å². The van der Waals surface area contributed by atoms with Gasteiger partial charge in [-0.15, -0.1) is 0 Å². The molecule has 1 aliphatic rings. The zero-order chi connectivity index (χ0) is 20.0. The van der Waals surface area contributed by atoms with Gasteiger partial charge in [-0.2, -0.15) is 0 Å². The summed E-state index contributed by atoms with van der Waals surface area (Å²) >= 11 is 0. The summed E-state index contributed by atoms with van der Waals surface area (Å²) in [6, 6.07) is 4.48. The van der Waals surface area contributed by atoms with Crippen molar-refractivity contribution in [3.63, 3.8) is 0 Å². The first-order valence-corrected chi connectivity index (χ1v) is 9.13. The van der Waals surface area contributed by atoms with Crippen molar-refractivity contribution in [2.45, 2.75) is 33.2 Å². The number of benzene rings is 1. The molecule has 1 fully saturated rings. The van der Waals surface area contributed by atoms with Crippen molar-refractivity contribution in [3.05, 3.63) is 33.9 Å². The fourth-order valence-electron chi connectivity index (χ4n) is 2.89. The van der Waals surface area contributed by atoms with Crippen LogP contribution in [0.15, 0.2) is 18.2 Å². The third-order valence-electron chi connectivity index (χ3n) is 4.79. The van der Waals surface area contributed by atoms with E-state index in [4.69, 9.17) is 0 Å². The smallest absolute Gasteiger partial charge is 0.321 e. The molecule has 1 aromatic rings. The van der Waals surface area contributed by atoms with Gasteiger partial charge < -0.3 is 15.5 Å². The average Bonchev–Trinajstić information content (AvgIpc) is 2.63. The second-order valence-electron chi connectivity index (χ2n) is 6.78. The molecule has 148 valence electrons. The van der Waals surface area contributed by atoms with E-state index in [1.54, 1.807) is 24.0 Å². The lowest BCUT2D eigenvalue weighted by Gasteiger charge is -2.34. The van der Waals surface area contributed by atoms with Crippen molar-refractivity contribution < 1.29 is 14.5 Å². The van der Waals surface area contributed by atoms with Gasteiger partial charge in [0.25, 0.3) is 5.69 Å². The Hall–Kier alpha value is -2.68. The molecule has 1 aliphatic heterocycles. The normalized spacial score (nSPS) is 15.9. The monoisotopic (exact) mass is 377 g/mol. The lowest BCUT2D eigenvalue weighted by atomic mass is 10.1. The van der Waals surface area contributed by atoms with Crippen LogP contribution in [-0.4, -0.2) is 65.4 Å².